The van der Waals surface area contributed by atoms with Gasteiger partial charge in [-0.1, -0.05) is 158 Å². The largest absolute Gasteiger partial charge is 0.309 e. The highest BCUT2D eigenvalue weighted by Gasteiger charge is 2.22. The molecule has 0 aliphatic carbocycles. The molecule has 0 spiro atoms. The summed E-state index contributed by atoms with van der Waals surface area (Å²) in [6.07, 6.45) is 0. The van der Waals surface area contributed by atoms with Crippen LogP contribution in [-0.2, 0) is 0 Å². The van der Waals surface area contributed by atoms with Gasteiger partial charge in [-0.2, -0.15) is 0 Å². The van der Waals surface area contributed by atoms with Crippen LogP contribution in [0.2, 0.25) is 0 Å². The fraction of sp³-hybridized carbons (Fsp3) is 0. The Morgan fingerprint density at radius 1 is 0.350 bits per heavy atom. The maximum atomic E-state index is 5.39. The van der Waals surface area contributed by atoms with E-state index in [1.807, 2.05) is 29.5 Å². The minimum Gasteiger partial charge on any atom is -0.309 e. The molecule has 4 nitrogen and oxygen atoms in total. The van der Waals surface area contributed by atoms with Gasteiger partial charge in [-0.25, -0.2) is 15.0 Å². The molecule has 0 amide bonds. The monoisotopic (exact) mass is 780 g/mol. The molecule has 0 unspecified atom stereocenters. The number of benzene rings is 10. The summed E-state index contributed by atoms with van der Waals surface area (Å²) in [6, 6.07) is 69.7. The molecule has 3 aromatic heterocycles. The Bertz CT molecular complexity index is 3890. The predicted octanol–water partition coefficient (Wildman–Crippen LogP) is 15.0. The summed E-state index contributed by atoms with van der Waals surface area (Å²) in [6.45, 7) is 0. The average molecular weight is 781 g/mol. The van der Waals surface area contributed by atoms with Crippen LogP contribution in [0.3, 0.4) is 0 Å². The molecule has 0 saturated heterocycles. The normalized spacial score (nSPS) is 12.0. The Morgan fingerprint density at radius 3 is 1.83 bits per heavy atom. The molecule has 278 valence electrons. The number of hydrogen-bond acceptors (Lipinski definition) is 4. The first kappa shape index (κ1) is 33.3. The lowest BCUT2D eigenvalue weighted by atomic mass is 9.97. The highest BCUT2D eigenvalue weighted by molar-refractivity contribution is 7.26. The molecule has 3 heterocycles. The molecular formula is C55H32N4S. The lowest BCUT2D eigenvalue weighted by Crippen LogP contribution is -2.01. The van der Waals surface area contributed by atoms with Gasteiger partial charge in [0.15, 0.2) is 17.5 Å². The van der Waals surface area contributed by atoms with Gasteiger partial charge < -0.3 is 4.57 Å². The van der Waals surface area contributed by atoms with Crippen LogP contribution in [0.15, 0.2) is 194 Å². The summed E-state index contributed by atoms with van der Waals surface area (Å²) >= 11 is 1.83. The first-order chi connectivity index (χ1) is 29.7. The number of nitrogens with zero attached hydrogens (tertiary/aromatic N) is 4. The third-order valence-electron chi connectivity index (χ3n) is 12.2. The van der Waals surface area contributed by atoms with E-state index in [0.29, 0.717) is 17.5 Å². The van der Waals surface area contributed by atoms with Gasteiger partial charge in [0.25, 0.3) is 0 Å². The van der Waals surface area contributed by atoms with Crippen LogP contribution in [-0.4, -0.2) is 19.5 Å². The van der Waals surface area contributed by atoms with Gasteiger partial charge in [0.2, 0.25) is 0 Å². The molecule has 13 aromatic rings. The Labute approximate surface area is 348 Å². The van der Waals surface area contributed by atoms with Crippen LogP contribution in [0, 0.1) is 0 Å². The molecule has 0 bridgehead atoms. The molecule has 0 atom stereocenters. The third kappa shape index (κ3) is 5.00. The lowest BCUT2D eigenvalue weighted by Gasteiger charge is -2.13. The molecule has 60 heavy (non-hydrogen) atoms. The fourth-order valence-electron chi connectivity index (χ4n) is 9.46. The SMILES string of the molecule is c1ccc(-c2nc(-c3cccc4ccccc34)nc(-c3c4ccccc4cc4sc5cc(-n6c7cc8ccccc8cc7c7c8ccccc8ccc76)ccc5c34)n2)cc1. The van der Waals surface area contributed by atoms with E-state index < -0.39 is 0 Å². The maximum Gasteiger partial charge on any atom is 0.165 e. The van der Waals surface area contributed by atoms with Gasteiger partial charge >= 0.3 is 0 Å². The zero-order chi connectivity index (χ0) is 39.3. The van der Waals surface area contributed by atoms with Gasteiger partial charge in [0, 0.05) is 53.3 Å². The summed E-state index contributed by atoms with van der Waals surface area (Å²) < 4.78 is 4.87. The summed E-state index contributed by atoms with van der Waals surface area (Å²) in [5.74, 6) is 1.97. The van der Waals surface area contributed by atoms with Crippen molar-refractivity contribution in [3.05, 3.63) is 194 Å². The van der Waals surface area contributed by atoms with Crippen molar-refractivity contribution in [2.24, 2.45) is 0 Å². The Hall–Kier alpha value is -7.73. The fourth-order valence-corrected chi connectivity index (χ4v) is 10.7. The standard InChI is InChI=1S/C55H32N4S/c1-2-15-35(16-3-1)53-56-54(43-24-12-20-33-13-6-9-21-40(33)43)58-55(57-53)52-42-23-11-8-19-38(42)31-49-51(52)44-27-26-39(32-48(44)60-49)59-46-28-25-34-14-7-10-22-41(34)50(46)45-29-36-17-4-5-18-37(36)30-47(45)59/h1-32H. The second-order valence-electron chi connectivity index (χ2n) is 15.6. The quantitative estimate of drug-likeness (QED) is 0.179. The molecule has 0 N–H and O–H groups in total. The Morgan fingerprint density at radius 2 is 1.00 bits per heavy atom. The highest BCUT2D eigenvalue weighted by Crippen LogP contribution is 2.46. The zero-order valence-electron chi connectivity index (χ0n) is 32.2. The topological polar surface area (TPSA) is 43.6 Å². The van der Waals surface area contributed by atoms with E-state index >= 15 is 0 Å². The van der Waals surface area contributed by atoms with E-state index in [9.17, 15) is 0 Å². The maximum absolute atomic E-state index is 5.39. The molecule has 10 aromatic carbocycles. The molecule has 0 fully saturated rings. The van der Waals surface area contributed by atoms with Gasteiger partial charge in [-0.15, -0.1) is 11.3 Å². The van der Waals surface area contributed by atoms with E-state index in [1.54, 1.807) is 0 Å². The molecule has 13 rings (SSSR count). The summed E-state index contributed by atoms with van der Waals surface area (Å²) in [5.41, 5.74) is 6.49. The first-order valence-electron chi connectivity index (χ1n) is 20.3. The van der Waals surface area contributed by atoms with Crippen LogP contribution in [0.4, 0.5) is 0 Å². The van der Waals surface area contributed by atoms with Gasteiger partial charge in [-0.05, 0) is 79.5 Å². The summed E-state index contributed by atoms with van der Waals surface area (Å²) in [5, 5.41) is 14.4. The Balaban J connectivity index is 1.09. The number of hydrogen-bond donors (Lipinski definition) is 0. The van der Waals surface area contributed by atoms with E-state index in [1.165, 1.54) is 58.1 Å². The molecule has 0 saturated carbocycles. The lowest BCUT2D eigenvalue weighted by molar-refractivity contribution is 1.08. The van der Waals surface area contributed by atoms with Crippen molar-refractivity contribution in [3.63, 3.8) is 0 Å². The number of rotatable bonds is 4. The second-order valence-corrected chi connectivity index (χ2v) is 16.6. The van der Waals surface area contributed by atoms with Crippen LogP contribution in [0.5, 0.6) is 0 Å². The van der Waals surface area contributed by atoms with Crippen molar-refractivity contribution in [2.75, 3.05) is 0 Å². The van der Waals surface area contributed by atoms with Crippen molar-refractivity contribution in [3.8, 4) is 39.9 Å². The third-order valence-corrected chi connectivity index (χ3v) is 13.3. The number of thiophene rings is 1. The van der Waals surface area contributed by atoms with Gasteiger partial charge in [-0.3, -0.25) is 0 Å². The predicted molar refractivity (Wildman–Crippen MR) is 253 cm³/mol. The minimum absolute atomic E-state index is 0.651. The molecule has 5 heteroatoms. The van der Waals surface area contributed by atoms with Gasteiger partial charge in [0.1, 0.15) is 0 Å². The molecule has 0 aliphatic heterocycles. The van der Waals surface area contributed by atoms with E-state index in [0.717, 1.165) is 49.3 Å². The van der Waals surface area contributed by atoms with Crippen molar-refractivity contribution < 1.29 is 0 Å². The van der Waals surface area contributed by atoms with Crippen LogP contribution in [0.25, 0.3) is 125 Å². The number of fused-ring (bicyclic) bond motifs is 11. The van der Waals surface area contributed by atoms with Gasteiger partial charge in [0.05, 0.1) is 11.0 Å². The van der Waals surface area contributed by atoms with E-state index in [2.05, 4.69) is 180 Å². The van der Waals surface area contributed by atoms with Crippen molar-refractivity contribution in [1.82, 2.24) is 19.5 Å². The highest BCUT2D eigenvalue weighted by atomic mass is 32.1. The average Bonchev–Trinajstić information content (AvgIpc) is 3.84. The van der Waals surface area contributed by atoms with Crippen LogP contribution < -0.4 is 0 Å². The van der Waals surface area contributed by atoms with Crippen molar-refractivity contribution >= 4 is 96.4 Å². The Kier molecular flexibility index (Phi) is 7.14. The molecular weight excluding hydrogens is 749 g/mol. The van der Waals surface area contributed by atoms with Crippen LogP contribution in [0.1, 0.15) is 0 Å². The minimum atomic E-state index is 0.651. The van der Waals surface area contributed by atoms with Crippen LogP contribution >= 0.6 is 11.3 Å². The summed E-state index contributed by atoms with van der Waals surface area (Å²) in [7, 11) is 0. The van der Waals surface area contributed by atoms with E-state index in [-0.39, 0.29) is 0 Å². The molecule has 0 aliphatic rings. The van der Waals surface area contributed by atoms with Crippen molar-refractivity contribution in [1.29, 1.82) is 0 Å². The first-order valence-corrected chi connectivity index (χ1v) is 21.1. The zero-order valence-corrected chi connectivity index (χ0v) is 33.0. The van der Waals surface area contributed by atoms with Crippen molar-refractivity contribution in [2.45, 2.75) is 0 Å². The summed E-state index contributed by atoms with van der Waals surface area (Å²) in [4.78, 5) is 15.9. The molecule has 0 radical (unpaired) electrons. The van der Waals surface area contributed by atoms with E-state index in [4.69, 9.17) is 15.0 Å². The second kappa shape index (κ2) is 12.9. The smallest absolute Gasteiger partial charge is 0.165 e. The number of aromatic nitrogens is 4.